The highest BCUT2D eigenvalue weighted by Gasteiger charge is 2.20. The Morgan fingerprint density at radius 3 is 2.66 bits per heavy atom. The number of fused-ring (bicyclic) bond motifs is 1. The second-order valence-corrected chi connectivity index (χ2v) is 8.46. The molecule has 1 aromatic heterocycles. The molecule has 3 N–H and O–H groups in total. The van der Waals surface area contributed by atoms with Gasteiger partial charge in [-0.05, 0) is 30.3 Å². The van der Waals surface area contributed by atoms with Crippen LogP contribution in [-0.4, -0.2) is 53.2 Å². The molecule has 9 heteroatoms. The minimum absolute atomic E-state index is 0.0000171. The molecule has 0 saturated carbocycles. The average molecular weight is 499 g/mol. The molecule has 1 aliphatic rings. The molecular weight excluding hydrogens is 476 g/mol. The number of ether oxygens (including phenoxy) is 1. The second kappa shape index (κ2) is 9.64. The van der Waals surface area contributed by atoms with Crippen LogP contribution in [0.25, 0.3) is 10.9 Å². The zero-order valence-electron chi connectivity index (χ0n) is 17.5. The lowest BCUT2D eigenvalue weighted by Crippen LogP contribution is -2.35. The number of nitrogens with one attached hydrogen (secondary N) is 2. The van der Waals surface area contributed by atoms with E-state index in [1.165, 1.54) is 6.92 Å². The Bertz CT molecular complexity index is 1180. The van der Waals surface area contributed by atoms with E-state index in [-0.39, 0.29) is 17.2 Å². The zero-order valence-corrected chi connectivity index (χ0v) is 19.1. The van der Waals surface area contributed by atoms with Gasteiger partial charge in [0.05, 0.1) is 35.8 Å². The number of pyridine rings is 1. The lowest BCUT2D eigenvalue weighted by Gasteiger charge is -2.28. The van der Waals surface area contributed by atoms with E-state index in [0.717, 1.165) is 39.7 Å². The van der Waals surface area contributed by atoms with Crippen molar-refractivity contribution < 1.29 is 19.4 Å². The standard InChI is InChI=1S/C23H23BrN4O4/c1-14(29)26-19-3-2-4-20(21(19)23(30)31)27-22-15(13-28-7-9-32-10-8-28)12-25-18-6-5-16(24)11-17(18)22/h2-6,11-12H,7-10,13H2,1H3,(H,25,27)(H,26,29)(H,30,31). The number of anilines is 3. The van der Waals surface area contributed by atoms with E-state index in [2.05, 4.69) is 36.4 Å². The van der Waals surface area contributed by atoms with Crippen LogP contribution < -0.4 is 10.6 Å². The summed E-state index contributed by atoms with van der Waals surface area (Å²) in [6, 6.07) is 10.8. The SMILES string of the molecule is CC(=O)Nc1cccc(Nc2c(CN3CCOCC3)cnc3ccc(Br)cc23)c1C(=O)O. The third-order valence-corrected chi connectivity index (χ3v) is 5.75. The van der Waals surface area contributed by atoms with E-state index < -0.39 is 5.97 Å². The minimum atomic E-state index is -1.13. The molecule has 3 aromatic rings. The van der Waals surface area contributed by atoms with Crippen LogP contribution in [0.5, 0.6) is 0 Å². The summed E-state index contributed by atoms with van der Waals surface area (Å²) < 4.78 is 6.35. The van der Waals surface area contributed by atoms with Crippen LogP contribution in [0.2, 0.25) is 0 Å². The molecule has 0 bridgehead atoms. The molecule has 1 amide bonds. The van der Waals surface area contributed by atoms with Crippen molar-refractivity contribution in [1.29, 1.82) is 0 Å². The van der Waals surface area contributed by atoms with Gasteiger partial charge in [0.2, 0.25) is 5.91 Å². The van der Waals surface area contributed by atoms with Crippen LogP contribution >= 0.6 is 15.9 Å². The average Bonchev–Trinajstić information content (AvgIpc) is 2.75. The van der Waals surface area contributed by atoms with E-state index in [4.69, 9.17) is 4.74 Å². The number of carboxylic acid groups (broad SMARTS) is 1. The van der Waals surface area contributed by atoms with Crippen molar-refractivity contribution in [3.8, 4) is 0 Å². The number of halogens is 1. The summed E-state index contributed by atoms with van der Waals surface area (Å²) in [4.78, 5) is 30.6. The van der Waals surface area contributed by atoms with Crippen LogP contribution in [0.1, 0.15) is 22.8 Å². The first-order chi connectivity index (χ1) is 15.4. The Morgan fingerprint density at radius 1 is 1.19 bits per heavy atom. The number of rotatable bonds is 6. The number of carbonyl (C=O) groups excluding carboxylic acids is 1. The summed E-state index contributed by atoms with van der Waals surface area (Å²) in [6.07, 6.45) is 1.83. The van der Waals surface area contributed by atoms with Crippen molar-refractivity contribution in [3.05, 3.63) is 58.2 Å². The summed E-state index contributed by atoms with van der Waals surface area (Å²) in [5.74, 6) is -1.47. The van der Waals surface area contributed by atoms with Crippen LogP contribution in [0.15, 0.2) is 47.1 Å². The molecule has 1 saturated heterocycles. The monoisotopic (exact) mass is 498 g/mol. The van der Waals surface area contributed by atoms with Crippen molar-refractivity contribution in [3.63, 3.8) is 0 Å². The van der Waals surface area contributed by atoms with Crippen LogP contribution in [0.3, 0.4) is 0 Å². The molecule has 1 aliphatic heterocycles. The topological polar surface area (TPSA) is 104 Å². The first kappa shape index (κ1) is 22.2. The Labute approximate surface area is 193 Å². The maximum Gasteiger partial charge on any atom is 0.339 e. The quantitative estimate of drug-likeness (QED) is 0.467. The first-order valence-electron chi connectivity index (χ1n) is 10.2. The summed E-state index contributed by atoms with van der Waals surface area (Å²) in [7, 11) is 0. The maximum absolute atomic E-state index is 12.1. The highest BCUT2D eigenvalue weighted by Crippen LogP contribution is 2.34. The van der Waals surface area contributed by atoms with Gasteiger partial charge in [0.25, 0.3) is 0 Å². The smallest absolute Gasteiger partial charge is 0.339 e. The van der Waals surface area contributed by atoms with Gasteiger partial charge in [0.1, 0.15) is 5.56 Å². The molecule has 0 aliphatic carbocycles. The molecule has 0 atom stereocenters. The molecule has 0 unspecified atom stereocenters. The van der Waals surface area contributed by atoms with E-state index >= 15 is 0 Å². The van der Waals surface area contributed by atoms with Crippen molar-refractivity contribution in [1.82, 2.24) is 9.88 Å². The van der Waals surface area contributed by atoms with Gasteiger partial charge in [0.15, 0.2) is 0 Å². The van der Waals surface area contributed by atoms with Crippen molar-refractivity contribution in [2.75, 3.05) is 36.9 Å². The predicted octanol–water partition coefficient (Wildman–Crippen LogP) is 4.23. The van der Waals surface area contributed by atoms with Gasteiger partial charge in [0, 0.05) is 48.2 Å². The Morgan fingerprint density at radius 2 is 1.94 bits per heavy atom. The fraction of sp³-hybridized carbons (Fsp3) is 0.261. The normalized spacial score (nSPS) is 14.3. The number of aromatic carboxylic acids is 1. The molecule has 1 fully saturated rings. The molecule has 0 spiro atoms. The summed E-state index contributed by atoms with van der Waals surface area (Å²) in [5, 5.41) is 16.7. The van der Waals surface area contributed by atoms with E-state index in [9.17, 15) is 14.7 Å². The van der Waals surface area contributed by atoms with Gasteiger partial charge in [-0.1, -0.05) is 22.0 Å². The number of nitrogens with zero attached hydrogens (tertiary/aromatic N) is 2. The molecule has 32 heavy (non-hydrogen) atoms. The largest absolute Gasteiger partial charge is 0.478 e. The lowest BCUT2D eigenvalue weighted by molar-refractivity contribution is -0.114. The van der Waals surface area contributed by atoms with Gasteiger partial charge in [-0.2, -0.15) is 0 Å². The molecule has 8 nitrogen and oxygen atoms in total. The van der Waals surface area contributed by atoms with Gasteiger partial charge in [-0.25, -0.2) is 4.79 Å². The second-order valence-electron chi connectivity index (χ2n) is 7.55. The van der Waals surface area contributed by atoms with Gasteiger partial charge in [-0.15, -0.1) is 0 Å². The highest BCUT2D eigenvalue weighted by atomic mass is 79.9. The fourth-order valence-corrected chi connectivity index (χ4v) is 4.15. The Balaban J connectivity index is 1.82. The molecule has 4 rings (SSSR count). The van der Waals surface area contributed by atoms with Crippen molar-refractivity contribution in [2.45, 2.75) is 13.5 Å². The Kier molecular flexibility index (Phi) is 6.69. The first-order valence-corrected chi connectivity index (χ1v) is 11.0. The van der Waals surface area contributed by atoms with E-state index in [1.807, 2.05) is 24.4 Å². The fourth-order valence-electron chi connectivity index (χ4n) is 3.79. The summed E-state index contributed by atoms with van der Waals surface area (Å²) in [5.41, 5.74) is 3.14. The van der Waals surface area contributed by atoms with Gasteiger partial charge < -0.3 is 20.5 Å². The van der Waals surface area contributed by atoms with E-state index in [0.29, 0.717) is 25.4 Å². The van der Waals surface area contributed by atoms with Gasteiger partial charge in [-0.3, -0.25) is 14.7 Å². The number of morpholine rings is 1. The number of carboxylic acids is 1. The predicted molar refractivity (Wildman–Crippen MR) is 127 cm³/mol. The molecule has 0 radical (unpaired) electrons. The number of hydrogen-bond donors (Lipinski definition) is 3. The Hall–Kier alpha value is -3.01. The molecule has 2 heterocycles. The third-order valence-electron chi connectivity index (χ3n) is 5.25. The highest BCUT2D eigenvalue weighted by molar-refractivity contribution is 9.10. The van der Waals surface area contributed by atoms with Crippen molar-refractivity contribution in [2.24, 2.45) is 0 Å². The zero-order chi connectivity index (χ0) is 22.7. The van der Waals surface area contributed by atoms with Crippen molar-refractivity contribution >= 4 is 55.8 Å². The summed E-state index contributed by atoms with van der Waals surface area (Å²) in [6.45, 7) is 4.98. The number of hydrogen-bond acceptors (Lipinski definition) is 6. The molecular formula is C23H23BrN4O4. The maximum atomic E-state index is 12.1. The number of carbonyl (C=O) groups is 2. The number of aromatic nitrogens is 1. The number of amides is 1. The molecule has 2 aromatic carbocycles. The van der Waals surface area contributed by atoms with Crippen LogP contribution in [-0.2, 0) is 16.1 Å². The van der Waals surface area contributed by atoms with Crippen LogP contribution in [0.4, 0.5) is 17.1 Å². The number of benzene rings is 2. The summed E-state index contributed by atoms with van der Waals surface area (Å²) >= 11 is 3.53. The third kappa shape index (κ3) is 4.90. The van der Waals surface area contributed by atoms with E-state index in [1.54, 1.807) is 18.2 Å². The molecule has 166 valence electrons. The van der Waals surface area contributed by atoms with Gasteiger partial charge >= 0.3 is 5.97 Å². The van der Waals surface area contributed by atoms with Crippen LogP contribution in [0, 0.1) is 0 Å². The lowest BCUT2D eigenvalue weighted by atomic mass is 10.1. The minimum Gasteiger partial charge on any atom is -0.478 e.